The molecule has 5 rings (SSSR count). The van der Waals surface area contributed by atoms with Crippen LogP contribution in [-0.4, -0.2) is 64.5 Å². The van der Waals surface area contributed by atoms with Gasteiger partial charge < -0.3 is 15.3 Å². The maximum Gasteiger partial charge on any atom is 0.251 e. The number of likely N-dealkylation sites (tertiary alicyclic amines) is 1. The summed E-state index contributed by atoms with van der Waals surface area (Å²) < 4.78 is 0. The van der Waals surface area contributed by atoms with Gasteiger partial charge in [-0.3, -0.25) is 14.5 Å². The lowest BCUT2D eigenvalue weighted by Gasteiger charge is -2.46. The van der Waals surface area contributed by atoms with Crippen LogP contribution >= 0.6 is 23.2 Å². The Hall–Kier alpha value is -2.12. The predicted octanol–water partition coefficient (Wildman–Crippen LogP) is 3.84. The fraction of sp³-hybridized carbons (Fsp3) is 0.462. The molecule has 0 aliphatic carbocycles. The third kappa shape index (κ3) is 4.57. The van der Waals surface area contributed by atoms with E-state index < -0.39 is 5.60 Å². The molecule has 2 aromatic carbocycles. The number of hydrogen-bond acceptors (Lipinski definition) is 4. The molecular weight excluding hydrogens is 473 g/mol. The zero-order valence-electron chi connectivity index (χ0n) is 18.9. The number of benzene rings is 2. The van der Waals surface area contributed by atoms with Crippen molar-refractivity contribution in [1.29, 1.82) is 0 Å². The van der Waals surface area contributed by atoms with Gasteiger partial charge in [0.1, 0.15) is 0 Å². The summed E-state index contributed by atoms with van der Waals surface area (Å²) in [5, 5.41) is 14.8. The van der Waals surface area contributed by atoms with Gasteiger partial charge in [-0.1, -0.05) is 53.5 Å². The average molecular weight is 502 g/mol. The largest absolute Gasteiger partial charge is 0.385 e. The molecule has 3 aliphatic heterocycles. The highest BCUT2D eigenvalue weighted by molar-refractivity contribution is 6.42. The fourth-order valence-corrected chi connectivity index (χ4v) is 6.36. The number of nitrogens with one attached hydrogen (secondary N) is 1. The first-order valence-corrected chi connectivity index (χ1v) is 12.7. The highest BCUT2D eigenvalue weighted by atomic mass is 35.5. The molecule has 8 heteroatoms. The molecular formula is C26H29Cl2N3O3. The highest BCUT2D eigenvalue weighted by Gasteiger charge is 2.51. The van der Waals surface area contributed by atoms with Crippen molar-refractivity contribution >= 4 is 35.0 Å². The van der Waals surface area contributed by atoms with Crippen LogP contribution in [-0.2, 0) is 10.4 Å². The monoisotopic (exact) mass is 501 g/mol. The molecule has 2 amide bonds. The van der Waals surface area contributed by atoms with Gasteiger partial charge in [0.25, 0.3) is 5.91 Å². The maximum absolute atomic E-state index is 12.8. The van der Waals surface area contributed by atoms with Crippen LogP contribution in [0.3, 0.4) is 0 Å². The lowest BCUT2D eigenvalue weighted by atomic mass is 9.80. The van der Waals surface area contributed by atoms with Gasteiger partial charge in [-0.25, -0.2) is 0 Å². The van der Waals surface area contributed by atoms with Crippen LogP contribution in [0.1, 0.15) is 48.0 Å². The minimum atomic E-state index is -0.771. The Balaban J connectivity index is 1.16. The van der Waals surface area contributed by atoms with Gasteiger partial charge in [-0.2, -0.15) is 0 Å². The first kappa shape index (κ1) is 23.6. The van der Waals surface area contributed by atoms with Crippen LogP contribution in [0.25, 0.3) is 0 Å². The quantitative estimate of drug-likeness (QED) is 0.652. The van der Waals surface area contributed by atoms with E-state index >= 15 is 0 Å². The molecule has 0 spiro atoms. The minimum absolute atomic E-state index is 0.0492. The number of piperidine rings is 1. The van der Waals surface area contributed by atoms with Gasteiger partial charge in [-0.05, 0) is 55.9 Å². The van der Waals surface area contributed by atoms with Gasteiger partial charge in [0.2, 0.25) is 5.91 Å². The molecule has 2 aromatic rings. The molecule has 0 radical (unpaired) electrons. The van der Waals surface area contributed by atoms with Crippen molar-refractivity contribution in [1.82, 2.24) is 15.1 Å². The third-order valence-electron chi connectivity index (χ3n) is 7.65. The van der Waals surface area contributed by atoms with Crippen molar-refractivity contribution in [3.63, 3.8) is 0 Å². The molecule has 0 saturated carbocycles. The Labute approximate surface area is 209 Å². The first-order valence-electron chi connectivity index (χ1n) is 11.9. The van der Waals surface area contributed by atoms with Crippen molar-refractivity contribution in [2.75, 3.05) is 19.6 Å². The minimum Gasteiger partial charge on any atom is -0.385 e. The van der Waals surface area contributed by atoms with Crippen LogP contribution < -0.4 is 5.32 Å². The molecule has 3 saturated heterocycles. The molecule has 3 fully saturated rings. The highest BCUT2D eigenvalue weighted by Crippen LogP contribution is 2.47. The lowest BCUT2D eigenvalue weighted by Crippen LogP contribution is -2.54. The van der Waals surface area contributed by atoms with E-state index in [1.807, 2.05) is 35.2 Å². The number of carbonyl (C=O) groups excluding carboxylic acids is 2. The fourth-order valence-electron chi connectivity index (χ4n) is 6.06. The Morgan fingerprint density at radius 2 is 1.68 bits per heavy atom. The number of rotatable bonds is 5. The zero-order valence-corrected chi connectivity index (χ0v) is 20.4. The smallest absolute Gasteiger partial charge is 0.251 e. The summed E-state index contributed by atoms with van der Waals surface area (Å²) in [7, 11) is 0. The second-order valence-electron chi connectivity index (χ2n) is 9.73. The topological polar surface area (TPSA) is 72.9 Å². The Morgan fingerprint density at radius 1 is 0.971 bits per heavy atom. The van der Waals surface area contributed by atoms with Crippen molar-refractivity contribution in [2.24, 2.45) is 0 Å². The number of hydrogen-bond donors (Lipinski definition) is 2. The summed E-state index contributed by atoms with van der Waals surface area (Å²) in [6.07, 6.45) is 4.56. The second-order valence-corrected chi connectivity index (χ2v) is 10.5. The number of amides is 2. The molecule has 3 heterocycles. The summed E-state index contributed by atoms with van der Waals surface area (Å²) in [5.41, 5.74) is 0.608. The second kappa shape index (κ2) is 9.50. The molecule has 6 nitrogen and oxygen atoms in total. The number of aliphatic hydroxyl groups is 1. The summed E-state index contributed by atoms with van der Waals surface area (Å²) >= 11 is 11.9. The van der Waals surface area contributed by atoms with Crippen LogP contribution in [0.5, 0.6) is 0 Å². The zero-order chi connectivity index (χ0) is 23.9. The first-order chi connectivity index (χ1) is 16.3. The number of nitrogens with zero attached hydrogens (tertiary/aromatic N) is 2. The average Bonchev–Trinajstić information content (AvgIpc) is 3.42. The van der Waals surface area contributed by atoms with E-state index in [2.05, 4.69) is 10.2 Å². The van der Waals surface area contributed by atoms with E-state index in [0.717, 1.165) is 37.7 Å². The van der Waals surface area contributed by atoms with E-state index in [0.29, 0.717) is 46.8 Å². The van der Waals surface area contributed by atoms with E-state index in [4.69, 9.17) is 23.2 Å². The van der Waals surface area contributed by atoms with Crippen molar-refractivity contribution < 1.29 is 14.7 Å². The Bertz CT molecular complexity index is 1070. The number of halogens is 2. The van der Waals surface area contributed by atoms with Gasteiger partial charge in [0.05, 0.1) is 22.2 Å². The number of carbonyl (C=O) groups is 2. The van der Waals surface area contributed by atoms with Gasteiger partial charge >= 0.3 is 0 Å². The van der Waals surface area contributed by atoms with E-state index in [9.17, 15) is 14.7 Å². The van der Waals surface area contributed by atoms with Gasteiger partial charge in [0, 0.05) is 36.8 Å². The van der Waals surface area contributed by atoms with Crippen LogP contribution in [0.4, 0.5) is 0 Å². The van der Waals surface area contributed by atoms with Crippen molar-refractivity contribution in [2.45, 2.75) is 55.8 Å². The molecule has 4 atom stereocenters. The lowest BCUT2D eigenvalue weighted by molar-refractivity contribution is -0.129. The molecule has 2 unspecified atom stereocenters. The summed E-state index contributed by atoms with van der Waals surface area (Å²) in [4.78, 5) is 29.6. The molecule has 0 aromatic heterocycles. The Kier molecular flexibility index (Phi) is 6.60. The SMILES string of the molecule is O=C(NCC(=O)N1CCC(N2[C@@H]3CC[C@H]2CC(O)(c2ccccc2)C3)C1)c1ccc(Cl)c(Cl)c1. The van der Waals surface area contributed by atoms with Crippen LogP contribution in [0.2, 0.25) is 10.0 Å². The number of fused-ring (bicyclic) bond motifs is 2. The molecule has 2 bridgehead atoms. The molecule has 3 aliphatic rings. The normalized spacial score (nSPS) is 28.8. The van der Waals surface area contributed by atoms with E-state index in [1.54, 1.807) is 12.1 Å². The van der Waals surface area contributed by atoms with Crippen LogP contribution in [0.15, 0.2) is 48.5 Å². The summed E-state index contributed by atoms with van der Waals surface area (Å²) in [6.45, 7) is 1.30. The van der Waals surface area contributed by atoms with Crippen LogP contribution in [0, 0.1) is 0 Å². The summed E-state index contributed by atoms with van der Waals surface area (Å²) in [5.74, 6) is -0.432. The molecule has 2 N–H and O–H groups in total. The third-order valence-corrected chi connectivity index (χ3v) is 8.39. The summed E-state index contributed by atoms with van der Waals surface area (Å²) in [6, 6.07) is 15.6. The van der Waals surface area contributed by atoms with Crippen molar-refractivity contribution in [3.8, 4) is 0 Å². The van der Waals surface area contributed by atoms with Gasteiger partial charge in [-0.15, -0.1) is 0 Å². The van der Waals surface area contributed by atoms with Crippen molar-refractivity contribution in [3.05, 3.63) is 69.7 Å². The standard InChI is InChI=1S/C26H29Cl2N3O3/c27-22-9-6-17(12-23(22)28)25(33)29-15-24(32)30-11-10-21(16-30)31-19-7-8-20(31)14-26(34,13-19)18-4-2-1-3-5-18/h1-6,9,12,19-21,34H,7-8,10-11,13-16H2,(H,29,33)/t19-,20+,21?,26?. The molecule has 180 valence electrons. The van der Waals surface area contributed by atoms with E-state index in [1.165, 1.54) is 6.07 Å². The Morgan fingerprint density at radius 3 is 2.35 bits per heavy atom. The van der Waals surface area contributed by atoms with Gasteiger partial charge in [0.15, 0.2) is 0 Å². The molecule has 34 heavy (non-hydrogen) atoms. The van der Waals surface area contributed by atoms with E-state index in [-0.39, 0.29) is 18.4 Å². The predicted molar refractivity (Wildman–Crippen MR) is 132 cm³/mol. The maximum atomic E-state index is 12.8.